The lowest BCUT2D eigenvalue weighted by Crippen LogP contribution is -2.29. The van der Waals surface area contributed by atoms with Crippen LogP contribution in [-0.4, -0.2) is 10.2 Å². The highest BCUT2D eigenvalue weighted by atomic mass is 16.3. The fraction of sp³-hybridized carbons (Fsp3) is 0.0303. The van der Waals surface area contributed by atoms with Crippen molar-refractivity contribution < 1.29 is 10.2 Å². The molecule has 0 fully saturated rings. The van der Waals surface area contributed by atoms with Crippen LogP contribution in [0.4, 0.5) is 0 Å². The normalized spacial score (nSPS) is 13.6. The highest BCUT2D eigenvalue weighted by molar-refractivity contribution is 6.00. The van der Waals surface area contributed by atoms with Gasteiger partial charge in [0.15, 0.2) is 0 Å². The van der Waals surface area contributed by atoms with Gasteiger partial charge in [-0.05, 0) is 56.3 Å². The molecule has 1 aliphatic carbocycles. The van der Waals surface area contributed by atoms with Gasteiger partial charge in [-0.25, -0.2) is 0 Å². The van der Waals surface area contributed by atoms with Gasteiger partial charge in [0.05, 0.1) is 5.41 Å². The molecule has 2 N–H and O–H groups in total. The summed E-state index contributed by atoms with van der Waals surface area (Å²) in [4.78, 5) is 0. The lowest BCUT2D eigenvalue weighted by Gasteiger charge is -2.35. The molecule has 0 atom stereocenters. The number of fused-ring (bicyclic) bond motifs is 5. The van der Waals surface area contributed by atoms with E-state index in [-0.39, 0.29) is 11.5 Å². The van der Waals surface area contributed by atoms with E-state index in [4.69, 9.17) is 0 Å². The molecule has 35 heavy (non-hydrogen) atoms. The van der Waals surface area contributed by atoms with Gasteiger partial charge in [-0.2, -0.15) is 0 Å². The molecular formula is C33H22O2. The predicted molar refractivity (Wildman–Crippen MR) is 142 cm³/mol. The zero-order valence-electron chi connectivity index (χ0n) is 18.9. The largest absolute Gasteiger partial charge is 0.507 e. The molecule has 0 spiro atoms. The van der Waals surface area contributed by atoms with Gasteiger partial charge in [-0.15, -0.1) is 0 Å². The molecule has 0 saturated heterocycles. The van der Waals surface area contributed by atoms with Crippen LogP contribution in [0.3, 0.4) is 0 Å². The van der Waals surface area contributed by atoms with Crippen LogP contribution < -0.4 is 0 Å². The van der Waals surface area contributed by atoms with Crippen LogP contribution in [0.5, 0.6) is 11.5 Å². The van der Waals surface area contributed by atoms with Gasteiger partial charge in [0, 0.05) is 10.8 Å². The fourth-order valence-corrected chi connectivity index (χ4v) is 6.20. The Morgan fingerprint density at radius 1 is 0.343 bits per heavy atom. The molecule has 2 nitrogen and oxygen atoms in total. The second-order valence-corrected chi connectivity index (χ2v) is 9.20. The molecule has 2 heteroatoms. The maximum Gasteiger partial charge on any atom is 0.123 e. The van der Waals surface area contributed by atoms with E-state index >= 15 is 0 Å². The van der Waals surface area contributed by atoms with Crippen molar-refractivity contribution in [2.45, 2.75) is 5.41 Å². The smallest absolute Gasteiger partial charge is 0.123 e. The average Bonchev–Trinajstić information content (AvgIpc) is 3.20. The van der Waals surface area contributed by atoms with Crippen molar-refractivity contribution in [1.82, 2.24) is 0 Å². The maximum atomic E-state index is 10.8. The first-order valence-corrected chi connectivity index (χ1v) is 11.8. The maximum absolute atomic E-state index is 10.8. The van der Waals surface area contributed by atoms with E-state index in [1.807, 2.05) is 36.4 Å². The third-order valence-electron chi connectivity index (χ3n) is 7.56. The minimum absolute atomic E-state index is 0.273. The van der Waals surface area contributed by atoms with Gasteiger partial charge in [-0.3, -0.25) is 0 Å². The third kappa shape index (κ3) is 2.54. The molecule has 0 aromatic heterocycles. The van der Waals surface area contributed by atoms with E-state index in [0.717, 1.165) is 32.7 Å². The summed E-state index contributed by atoms with van der Waals surface area (Å²) in [6, 6.07) is 41.1. The average molecular weight is 451 g/mol. The van der Waals surface area contributed by atoms with Crippen LogP contribution in [0.15, 0.2) is 121 Å². The zero-order valence-corrected chi connectivity index (χ0v) is 18.9. The summed E-state index contributed by atoms with van der Waals surface area (Å²) in [5.41, 5.74) is 6.40. The summed E-state index contributed by atoms with van der Waals surface area (Å²) in [6.45, 7) is 0. The van der Waals surface area contributed by atoms with E-state index in [2.05, 4.69) is 72.8 Å². The van der Waals surface area contributed by atoms with E-state index < -0.39 is 5.41 Å². The number of hydrogen-bond donors (Lipinski definition) is 2. The lowest BCUT2D eigenvalue weighted by molar-refractivity contribution is 0.481. The van der Waals surface area contributed by atoms with E-state index in [1.165, 1.54) is 22.3 Å². The van der Waals surface area contributed by atoms with Crippen molar-refractivity contribution in [1.29, 1.82) is 0 Å². The standard InChI is InChI=1S/C33H22O2/c34-31-19-7-11-23-25(31)13-5-17-29(23)33(30-18-6-14-26-24(30)12-8-20-32(26)35)27-15-3-1-9-21(27)22-10-2-4-16-28(22)33/h1-20,34-35H. The molecule has 0 saturated carbocycles. The summed E-state index contributed by atoms with van der Waals surface area (Å²) < 4.78 is 0. The highest BCUT2D eigenvalue weighted by Crippen LogP contribution is 2.58. The zero-order chi connectivity index (χ0) is 23.6. The van der Waals surface area contributed by atoms with Gasteiger partial charge in [0.1, 0.15) is 11.5 Å². The lowest BCUT2D eigenvalue weighted by atomic mass is 9.65. The number of phenolic OH excluding ortho intramolecular Hbond substituents is 2. The van der Waals surface area contributed by atoms with Gasteiger partial charge in [-0.1, -0.05) is 109 Å². The van der Waals surface area contributed by atoms with Crippen molar-refractivity contribution in [3.05, 3.63) is 144 Å². The molecule has 0 aliphatic heterocycles. The summed E-state index contributed by atoms with van der Waals surface area (Å²) in [7, 11) is 0. The SMILES string of the molecule is Oc1cccc2c(C3(c4cccc5c(O)cccc45)c4ccccc4-c4ccccc43)cccc12. The second-order valence-electron chi connectivity index (χ2n) is 9.20. The molecule has 0 unspecified atom stereocenters. The molecule has 166 valence electrons. The Bertz CT molecular complexity index is 1650. The summed E-state index contributed by atoms with van der Waals surface area (Å²) in [5, 5.41) is 25.2. The Hall–Kier alpha value is -4.56. The quantitative estimate of drug-likeness (QED) is 0.282. The van der Waals surface area contributed by atoms with Crippen molar-refractivity contribution in [2.24, 2.45) is 0 Å². The number of aromatic hydroxyl groups is 2. The fourth-order valence-electron chi connectivity index (χ4n) is 6.20. The second kappa shape index (κ2) is 7.22. The molecule has 6 aromatic rings. The topological polar surface area (TPSA) is 40.5 Å². The number of hydrogen-bond acceptors (Lipinski definition) is 2. The van der Waals surface area contributed by atoms with Crippen LogP contribution in [0, 0.1) is 0 Å². The van der Waals surface area contributed by atoms with Crippen LogP contribution in [-0.2, 0) is 5.41 Å². The van der Waals surface area contributed by atoms with Gasteiger partial charge < -0.3 is 10.2 Å². The first-order chi connectivity index (χ1) is 17.2. The molecular weight excluding hydrogens is 428 g/mol. The third-order valence-corrected chi connectivity index (χ3v) is 7.56. The van der Waals surface area contributed by atoms with Crippen molar-refractivity contribution in [2.75, 3.05) is 0 Å². The van der Waals surface area contributed by atoms with Crippen molar-refractivity contribution in [3.8, 4) is 22.6 Å². The molecule has 7 rings (SSSR count). The van der Waals surface area contributed by atoms with Gasteiger partial charge in [0.25, 0.3) is 0 Å². The number of benzene rings is 6. The predicted octanol–water partition coefficient (Wildman–Crippen LogP) is 7.77. The minimum atomic E-state index is -0.631. The van der Waals surface area contributed by atoms with Crippen LogP contribution in [0.25, 0.3) is 32.7 Å². The Labute approximate surface area is 203 Å². The molecule has 0 radical (unpaired) electrons. The van der Waals surface area contributed by atoms with Crippen molar-refractivity contribution >= 4 is 21.5 Å². The monoisotopic (exact) mass is 450 g/mol. The Kier molecular flexibility index (Phi) is 4.10. The molecule has 0 amide bonds. The van der Waals surface area contributed by atoms with Gasteiger partial charge in [0.2, 0.25) is 0 Å². The van der Waals surface area contributed by atoms with Gasteiger partial charge >= 0.3 is 0 Å². The van der Waals surface area contributed by atoms with E-state index in [9.17, 15) is 10.2 Å². The van der Waals surface area contributed by atoms with E-state index in [1.54, 1.807) is 12.1 Å². The summed E-state index contributed by atoms with van der Waals surface area (Å²) >= 11 is 0. The Balaban J connectivity index is 1.76. The first-order valence-electron chi connectivity index (χ1n) is 11.8. The minimum Gasteiger partial charge on any atom is -0.507 e. The molecule has 1 aliphatic rings. The van der Waals surface area contributed by atoms with E-state index in [0.29, 0.717) is 0 Å². The summed E-state index contributed by atoms with van der Waals surface area (Å²) in [5.74, 6) is 0.546. The summed E-state index contributed by atoms with van der Waals surface area (Å²) in [6.07, 6.45) is 0. The number of phenols is 2. The van der Waals surface area contributed by atoms with Crippen LogP contribution in [0.2, 0.25) is 0 Å². The molecule has 0 heterocycles. The first kappa shape index (κ1) is 19.9. The van der Waals surface area contributed by atoms with Crippen molar-refractivity contribution in [3.63, 3.8) is 0 Å². The number of rotatable bonds is 2. The Morgan fingerprint density at radius 3 is 1.20 bits per heavy atom. The highest BCUT2D eigenvalue weighted by Gasteiger charge is 2.47. The Morgan fingerprint density at radius 2 is 0.714 bits per heavy atom. The molecule has 6 aromatic carbocycles. The molecule has 0 bridgehead atoms. The van der Waals surface area contributed by atoms with Crippen LogP contribution >= 0.6 is 0 Å². The van der Waals surface area contributed by atoms with Crippen LogP contribution in [0.1, 0.15) is 22.3 Å².